The molecule has 0 rings (SSSR count). The van der Waals surface area contributed by atoms with Crippen molar-refractivity contribution in [3.63, 3.8) is 0 Å². The van der Waals surface area contributed by atoms with Gasteiger partial charge in [0, 0.05) is 0 Å². The van der Waals surface area contributed by atoms with E-state index in [4.69, 9.17) is 0 Å². The fraction of sp³-hybridized carbons (Fsp3) is 1.00. The SMILES string of the molecule is BC(C)(C)CC(C)C. The number of hydrogen-bond acceptors (Lipinski definition) is 0. The monoisotopic (exact) mass is 112 g/mol. The summed E-state index contributed by atoms with van der Waals surface area (Å²) in [6.45, 7) is 9.11. The Balaban J connectivity index is 3.39. The first-order valence-corrected chi connectivity index (χ1v) is 3.42. The Morgan fingerprint density at radius 2 is 1.75 bits per heavy atom. The van der Waals surface area contributed by atoms with Crippen molar-refractivity contribution in [1.29, 1.82) is 0 Å². The fourth-order valence-electron chi connectivity index (χ4n) is 1.22. The predicted molar refractivity (Wildman–Crippen MR) is 42.0 cm³/mol. The van der Waals surface area contributed by atoms with E-state index in [-0.39, 0.29) is 0 Å². The molecule has 0 unspecified atom stereocenters. The van der Waals surface area contributed by atoms with Crippen LogP contribution in [0, 0.1) is 5.92 Å². The van der Waals surface area contributed by atoms with Gasteiger partial charge in [0.1, 0.15) is 7.85 Å². The molecular formula is C7H17B. The molecule has 0 spiro atoms. The standard InChI is InChI=1S/C7H17B/c1-6(2)5-7(3,4)8/h6H,5,8H2,1-4H3. The van der Waals surface area contributed by atoms with E-state index in [2.05, 4.69) is 35.5 Å². The highest BCUT2D eigenvalue weighted by molar-refractivity contribution is 6.14. The lowest BCUT2D eigenvalue weighted by Gasteiger charge is -2.19. The second-order valence-corrected chi connectivity index (χ2v) is 4.16. The van der Waals surface area contributed by atoms with E-state index in [1.807, 2.05) is 0 Å². The van der Waals surface area contributed by atoms with Gasteiger partial charge in [0.15, 0.2) is 0 Å². The van der Waals surface area contributed by atoms with Crippen LogP contribution in [0.5, 0.6) is 0 Å². The highest BCUT2D eigenvalue weighted by Gasteiger charge is 2.11. The van der Waals surface area contributed by atoms with E-state index in [0.717, 1.165) is 5.92 Å². The molecule has 8 heavy (non-hydrogen) atoms. The summed E-state index contributed by atoms with van der Waals surface area (Å²) in [7, 11) is 2.28. The summed E-state index contributed by atoms with van der Waals surface area (Å²) in [6.07, 6.45) is 1.33. The van der Waals surface area contributed by atoms with E-state index in [1.165, 1.54) is 6.42 Å². The van der Waals surface area contributed by atoms with Gasteiger partial charge in [-0.15, -0.1) is 0 Å². The lowest BCUT2D eigenvalue weighted by Crippen LogP contribution is -2.05. The van der Waals surface area contributed by atoms with Crippen LogP contribution >= 0.6 is 0 Å². The van der Waals surface area contributed by atoms with Crippen LogP contribution in [0.4, 0.5) is 0 Å². The van der Waals surface area contributed by atoms with Crippen LogP contribution in [0.1, 0.15) is 34.1 Å². The third-order valence-electron chi connectivity index (χ3n) is 1.02. The molecule has 0 heterocycles. The molecule has 48 valence electrons. The summed E-state index contributed by atoms with van der Waals surface area (Å²) in [6, 6.07) is 0. The fourth-order valence-corrected chi connectivity index (χ4v) is 1.22. The first-order chi connectivity index (χ1) is 3.42. The molecule has 0 fully saturated rings. The topological polar surface area (TPSA) is 0 Å². The van der Waals surface area contributed by atoms with Crippen molar-refractivity contribution in [2.75, 3.05) is 0 Å². The van der Waals surface area contributed by atoms with Gasteiger partial charge < -0.3 is 0 Å². The second-order valence-electron chi connectivity index (χ2n) is 4.16. The first-order valence-electron chi connectivity index (χ1n) is 3.42. The van der Waals surface area contributed by atoms with Gasteiger partial charge in [0.2, 0.25) is 0 Å². The Morgan fingerprint density at radius 3 is 1.75 bits per heavy atom. The van der Waals surface area contributed by atoms with Crippen LogP contribution in [0.3, 0.4) is 0 Å². The molecule has 0 saturated heterocycles. The number of hydrogen-bond donors (Lipinski definition) is 0. The molecule has 0 nitrogen and oxygen atoms in total. The summed E-state index contributed by atoms with van der Waals surface area (Å²) in [4.78, 5) is 0. The zero-order chi connectivity index (χ0) is 6.78. The Labute approximate surface area is 54.1 Å². The molecular weight excluding hydrogens is 94.9 g/mol. The molecule has 1 heteroatoms. The van der Waals surface area contributed by atoms with Crippen molar-refractivity contribution in [3.05, 3.63) is 0 Å². The summed E-state index contributed by atoms with van der Waals surface area (Å²) in [5, 5.41) is 0.522. The Morgan fingerprint density at radius 1 is 1.38 bits per heavy atom. The van der Waals surface area contributed by atoms with Crippen molar-refractivity contribution in [2.45, 2.75) is 39.4 Å². The largest absolute Gasteiger partial charge is 0.108 e. The summed E-state index contributed by atoms with van der Waals surface area (Å²) in [5.74, 6) is 0.843. The molecule has 0 saturated carbocycles. The van der Waals surface area contributed by atoms with Gasteiger partial charge in [-0.1, -0.05) is 39.4 Å². The molecule has 0 aromatic carbocycles. The maximum absolute atomic E-state index is 2.28. The predicted octanol–water partition coefficient (Wildman–Crippen LogP) is 1.86. The highest BCUT2D eigenvalue weighted by Crippen LogP contribution is 2.27. The van der Waals surface area contributed by atoms with Gasteiger partial charge in [-0.3, -0.25) is 0 Å². The number of rotatable bonds is 2. The molecule has 0 N–H and O–H groups in total. The van der Waals surface area contributed by atoms with E-state index in [0.29, 0.717) is 5.31 Å². The quantitative estimate of drug-likeness (QED) is 0.478. The smallest absolute Gasteiger partial charge is 0.0672 e. The lowest BCUT2D eigenvalue weighted by atomic mass is 9.68. The first kappa shape index (κ1) is 8.06. The zero-order valence-corrected chi connectivity index (χ0v) is 6.78. The minimum atomic E-state index is 0.522. The molecule has 0 bridgehead atoms. The van der Waals surface area contributed by atoms with Crippen molar-refractivity contribution < 1.29 is 0 Å². The normalized spacial score (nSPS) is 12.6. The van der Waals surface area contributed by atoms with Gasteiger partial charge in [-0.2, -0.15) is 0 Å². The van der Waals surface area contributed by atoms with Crippen molar-refractivity contribution >= 4 is 7.85 Å². The average Bonchev–Trinajstić information content (AvgIpc) is 1.21. The second kappa shape index (κ2) is 2.57. The Bertz CT molecular complexity index is 59.3. The van der Waals surface area contributed by atoms with E-state index < -0.39 is 0 Å². The van der Waals surface area contributed by atoms with Crippen LogP contribution in [-0.4, -0.2) is 7.85 Å². The maximum Gasteiger partial charge on any atom is 0.108 e. The summed E-state index contributed by atoms with van der Waals surface area (Å²) < 4.78 is 0. The molecule has 0 radical (unpaired) electrons. The van der Waals surface area contributed by atoms with Gasteiger partial charge in [-0.25, -0.2) is 0 Å². The van der Waals surface area contributed by atoms with Crippen molar-refractivity contribution in [2.24, 2.45) is 5.92 Å². The maximum atomic E-state index is 2.28. The molecule has 0 aliphatic carbocycles. The minimum Gasteiger partial charge on any atom is -0.0672 e. The van der Waals surface area contributed by atoms with Crippen LogP contribution < -0.4 is 0 Å². The molecule has 0 amide bonds. The van der Waals surface area contributed by atoms with Gasteiger partial charge in [0.25, 0.3) is 0 Å². The highest BCUT2D eigenvalue weighted by atomic mass is 14.1. The van der Waals surface area contributed by atoms with Crippen molar-refractivity contribution in [3.8, 4) is 0 Å². The van der Waals surface area contributed by atoms with E-state index in [9.17, 15) is 0 Å². The molecule has 0 aliphatic heterocycles. The molecule has 0 aromatic rings. The van der Waals surface area contributed by atoms with Gasteiger partial charge in [0.05, 0.1) is 0 Å². The third-order valence-corrected chi connectivity index (χ3v) is 1.02. The summed E-state index contributed by atoms with van der Waals surface area (Å²) in [5.41, 5.74) is 0. The molecule has 0 aromatic heterocycles. The Hall–Kier alpha value is 0.0649. The molecule has 0 aliphatic rings. The summed E-state index contributed by atoms with van der Waals surface area (Å²) >= 11 is 0. The average molecular weight is 112 g/mol. The Kier molecular flexibility index (Phi) is 2.59. The van der Waals surface area contributed by atoms with Crippen LogP contribution in [0.2, 0.25) is 5.31 Å². The van der Waals surface area contributed by atoms with Crippen LogP contribution in [0.25, 0.3) is 0 Å². The lowest BCUT2D eigenvalue weighted by molar-refractivity contribution is 0.486. The van der Waals surface area contributed by atoms with Gasteiger partial charge in [-0.05, 0) is 5.92 Å². The molecule has 0 atom stereocenters. The van der Waals surface area contributed by atoms with Gasteiger partial charge >= 0.3 is 0 Å². The van der Waals surface area contributed by atoms with Crippen molar-refractivity contribution in [1.82, 2.24) is 0 Å². The van der Waals surface area contributed by atoms with E-state index >= 15 is 0 Å². The van der Waals surface area contributed by atoms with Crippen LogP contribution in [-0.2, 0) is 0 Å². The van der Waals surface area contributed by atoms with E-state index in [1.54, 1.807) is 0 Å². The third kappa shape index (κ3) is 6.06. The zero-order valence-electron chi connectivity index (χ0n) is 6.78. The van der Waals surface area contributed by atoms with Crippen LogP contribution in [0.15, 0.2) is 0 Å². The minimum absolute atomic E-state index is 0.522.